The van der Waals surface area contributed by atoms with Gasteiger partial charge in [0.15, 0.2) is 11.0 Å². The van der Waals surface area contributed by atoms with Crippen LogP contribution < -0.4 is 4.57 Å². The molecule has 0 saturated heterocycles. The van der Waals surface area contributed by atoms with Crippen LogP contribution in [0.2, 0.25) is 0 Å². The number of aromatic nitrogens is 2. The highest BCUT2D eigenvalue weighted by Gasteiger charge is 2.17. The van der Waals surface area contributed by atoms with Crippen molar-refractivity contribution in [3.8, 4) is 0 Å². The Balaban J connectivity index is 2.34. The summed E-state index contributed by atoms with van der Waals surface area (Å²) in [5, 5.41) is 0. The maximum absolute atomic E-state index is 5.16. The van der Waals surface area contributed by atoms with Crippen LogP contribution in [0.3, 0.4) is 0 Å². The van der Waals surface area contributed by atoms with Crippen LogP contribution in [-0.4, -0.2) is 32.4 Å². The van der Waals surface area contributed by atoms with Crippen molar-refractivity contribution in [2.75, 3.05) is 27.4 Å². The maximum Gasteiger partial charge on any atom is 0.257 e. The van der Waals surface area contributed by atoms with E-state index in [9.17, 15) is 0 Å². The number of rotatable bonds is 6. The smallest absolute Gasteiger partial charge is 0.257 e. The van der Waals surface area contributed by atoms with E-state index >= 15 is 0 Å². The second-order valence-electron chi connectivity index (χ2n) is 3.98. The number of nitrogens with zero attached hydrogens (tertiary/aromatic N) is 1. The van der Waals surface area contributed by atoms with E-state index in [0.717, 1.165) is 25.1 Å². The molecule has 0 atom stereocenters. The molecule has 0 saturated carbocycles. The average molecular weight is 235 g/mol. The third-order valence-electron chi connectivity index (χ3n) is 2.86. The van der Waals surface area contributed by atoms with Crippen LogP contribution in [0, 0.1) is 0 Å². The van der Waals surface area contributed by atoms with E-state index in [4.69, 9.17) is 9.47 Å². The van der Waals surface area contributed by atoms with Crippen molar-refractivity contribution in [1.29, 1.82) is 0 Å². The Bertz CT molecular complexity index is 479. The fourth-order valence-corrected chi connectivity index (χ4v) is 2.02. The van der Waals surface area contributed by atoms with Crippen molar-refractivity contribution in [3.05, 3.63) is 30.1 Å². The molecule has 4 nitrogen and oxygen atoms in total. The summed E-state index contributed by atoms with van der Waals surface area (Å²) in [5.41, 5.74) is 2.38. The minimum absolute atomic E-state index is 0.715. The van der Waals surface area contributed by atoms with Gasteiger partial charge in [0.2, 0.25) is 0 Å². The summed E-state index contributed by atoms with van der Waals surface area (Å²) in [4.78, 5) is 3.44. The maximum atomic E-state index is 5.16. The number of hydrogen-bond donors (Lipinski definition) is 1. The zero-order chi connectivity index (χ0) is 12.1. The molecule has 92 valence electrons. The van der Waals surface area contributed by atoms with Gasteiger partial charge >= 0.3 is 0 Å². The number of hydrogen-bond acceptors (Lipinski definition) is 2. The van der Waals surface area contributed by atoms with Crippen molar-refractivity contribution in [2.45, 2.75) is 13.0 Å². The van der Waals surface area contributed by atoms with E-state index in [-0.39, 0.29) is 0 Å². The molecule has 1 aromatic carbocycles. The number of nitrogens with one attached hydrogen (secondary N) is 1. The topological polar surface area (TPSA) is 38.1 Å². The zero-order valence-corrected chi connectivity index (χ0v) is 10.4. The van der Waals surface area contributed by atoms with Gasteiger partial charge < -0.3 is 9.47 Å². The molecule has 0 bridgehead atoms. The van der Waals surface area contributed by atoms with Crippen LogP contribution in [0.1, 0.15) is 5.82 Å². The SMILES string of the molecule is COCCc1[nH]c2ccccc2[n+]1CCOC. The van der Waals surface area contributed by atoms with Crippen LogP contribution in [0.15, 0.2) is 24.3 Å². The van der Waals surface area contributed by atoms with Crippen LogP contribution in [0.25, 0.3) is 11.0 Å². The Kier molecular flexibility index (Phi) is 4.12. The highest BCUT2D eigenvalue weighted by atomic mass is 16.5. The summed E-state index contributed by atoms with van der Waals surface area (Å²) in [6, 6.07) is 8.31. The molecule has 1 heterocycles. The Hall–Kier alpha value is -1.39. The second-order valence-corrected chi connectivity index (χ2v) is 3.98. The molecule has 0 fully saturated rings. The van der Waals surface area contributed by atoms with E-state index in [1.807, 2.05) is 6.07 Å². The normalized spacial score (nSPS) is 11.2. The molecule has 1 N–H and O–H groups in total. The largest absolute Gasteiger partial charge is 0.384 e. The minimum atomic E-state index is 0.715. The summed E-state index contributed by atoms with van der Waals surface area (Å²) in [5.74, 6) is 1.19. The number of H-pyrrole nitrogens is 1. The van der Waals surface area contributed by atoms with Gasteiger partial charge in [0.1, 0.15) is 6.54 Å². The molecule has 0 aliphatic rings. The van der Waals surface area contributed by atoms with Gasteiger partial charge in [0, 0.05) is 14.2 Å². The van der Waals surface area contributed by atoms with E-state index in [1.165, 1.54) is 11.3 Å². The average Bonchev–Trinajstić information content (AvgIpc) is 2.71. The fourth-order valence-electron chi connectivity index (χ4n) is 2.02. The lowest BCUT2D eigenvalue weighted by Gasteiger charge is -2.01. The number of imidazole rings is 1. The van der Waals surface area contributed by atoms with Crippen molar-refractivity contribution in [2.24, 2.45) is 0 Å². The first-order valence-electron chi connectivity index (χ1n) is 5.84. The van der Waals surface area contributed by atoms with Gasteiger partial charge in [0.25, 0.3) is 5.82 Å². The van der Waals surface area contributed by atoms with Crippen LogP contribution in [0.4, 0.5) is 0 Å². The molecule has 17 heavy (non-hydrogen) atoms. The summed E-state index contributed by atoms with van der Waals surface area (Å²) in [7, 11) is 3.45. The van der Waals surface area contributed by atoms with Crippen molar-refractivity contribution in [1.82, 2.24) is 4.98 Å². The molecule has 0 aliphatic carbocycles. The standard InChI is InChI=1S/C13H18N2O2/c1-16-9-7-13-14-11-5-3-4-6-12(11)15(13)8-10-17-2/h3-6H,7-10H2,1-2H3/p+1. The van der Waals surface area contributed by atoms with E-state index in [2.05, 4.69) is 27.8 Å². The monoisotopic (exact) mass is 235 g/mol. The molecular weight excluding hydrogens is 216 g/mol. The third kappa shape index (κ3) is 2.65. The lowest BCUT2D eigenvalue weighted by atomic mass is 10.3. The Morgan fingerprint density at radius 1 is 1.12 bits per heavy atom. The fraction of sp³-hybridized carbons (Fsp3) is 0.462. The first-order valence-corrected chi connectivity index (χ1v) is 5.84. The van der Waals surface area contributed by atoms with E-state index in [0.29, 0.717) is 6.61 Å². The highest BCUT2D eigenvalue weighted by molar-refractivity contribution is 5.70. The number of benzene rings is 1. The van der Waals surface area contributed by atoms with Crippen LogP contribution in [-0.2, 0) is 22.4 Å². The lowest BCUT2D eigenvalue weighted by Crippen LogP contribution is -2.39. The molecule has 4 heteroatoms. The number of para-hydroxylation sites is 2. The van der Waals surface area contributed by atoms with Gasteiger partial charge in [-0.25, -0.2) is 9.55 Å². The third-order valence-corrected chi connectivity index (χ3v) is 2.86. The molecule has 0 unspecified atom stereocenters. The quantitative estimate of drug-likeness (QED) is 0.766. The predicted octanol–water partition coefficient (Wildman–Crippen LogP) is 1.29. The zero-order valence-electron chi connectivity index (χ0n) is 10.4. The highest BCUT2D eigenvalue weighted by Crippen LogP contribution is 2.09. The molecule has 0 amide bonds. The van der Waals surface area contributed by atoms with Crippen molar-refractivity contribution < 1.29 is 14.0 Å². The summed E-state index contributed by atoms with van der Waals surface area (Å²) in [6.07, 6.45) is 0.884. The van der Waals surface area contributed by atoms with Crippen LogP contribution >= 0.6 is 0 Å². The second kappa shape index (κ2) is 5.80. The van der Waals surface area contributed by atoms with Crippen LogP contribution in [0.5, 0.6) is 0 Å². The predicted molar refractivity (Wildman–Crippen MR) is 65.9 cm³/mol. The molecule has 0 spiro atoms. The summed E-state index contributed by atoms with van der Waals surface area (Å²) < 4.78 is 12.6. The molecule has 0 radical (unpaired) electrons. The first kappa shape index (κ1) is 12.1. The van der Waals surface area contributed by atoms with E-state index in [1.54, 1.807) is 14.2 Å². The number of aromatic amines is 1. The van der Waals surface area contributed by atoms with E-state index < -0.39 is 0 Å². The summed E-state index contributed by atoms with van der Waals surface area (Å²) >= 11 is 0. The Morgan fingerprint density at radius 3 is 2.65 bits per heavy atom. The molecule has 0 aliphatic heterocycles. The van der Waals surface area contributed by atoms with Gasteiger partial charge in [-0.3, -0.25) is 0 Å². The van der Waals surface area contributed by atoms with Gasteiger partial charge in [-0.1, -0.05) is 12.1 Å². The summed E-state index contributed by atoms with van der Waals surface area (Å²) in [6.45, 7) is 2.30. The first-order chi connectivity index (χ1) is 8.36. The number of ether oxygens (including phenoxy) is 2. The van der Waals surface area contributed by atoms with Crippen molar-refractivity contribution >= 4 is 11.0 Å². The molecule has 1 aromatic heterocycles. The van der Waals surface area contributed by atoms with Gasteiger partial charge in [0.05, 0.1) is 19.6 Å². The molecule has 2 rings (SSSR count). The minimum Gasteiger partial charge on any atom is -0.384 e. The lowest BCUT2D eigenvalue weighted by molar-refractivity contribution is -0.680. The Morgan fingerprint density at radius 2 is 1.88 bits per heavy atom. The van der Waals surface area contributed by atoms with Gasteiger partial charge in [-0.05, 0) is 12.1 Å². The van der Waals surface area contributed by atoms with Crippen molar-refractivity contribution in [3.63, 3.8) is 0 Å². The molecular formula is C13H19N2O2+. The number of fused-ring (bicyclic) bond motifs is 1. The Labute approximate surface area is 101 Å². The number of methoxy groups -OCH3 is 2. The van der Waals surface area contributed by atoms with Gasteiger partial charge in [-0.15, -0.1) is 0 Å². The molecule has 2 aromatic rings. The van der Waals surface area contributed by atoms with Gasteiger partial charge in [-0.2, -0.15) is 0 Å².